The smallest absolute Gasteiger partial charge is 0.269 e. The monoisotopic (exact) mass is 323 g/mol. The molecule has 0 fully saturated rings. The molecule has 0 spiro atoms. The van der Waals surface area contributed by atoms with Crippen LogP contribution in [-0.4, -0.2) is 26.0 Å². The number of nitrogens with one attached hydrogen (secondary N) is 1. The zero-order valence-corrected chi connectivity index (χ0v) is 12.2. The number of nitrogens with zero attached hydrogens (tertiary/aromatic N) is 3. The Labute approximate surface area is 134 Å². The topological polar surface area (TPSA) is 111 Å². The van der Waals surface area contributed by atoms with Crippen LogP contribution in [0.4, 0.5) is 4.39 Å². The molecule has 0 bridgehead atoms. The summed E-state index contributed by atoms with van der Waals surface area (Å²) in [4.78, 5) is 22.9. The molecule has 4 rings (SSSR count). The number of amides is 1. The van der Waals surface area contributed by atoms with Crippen molar-refractivity contribution in [2.24, 2.45) is 5.73 Å². The molecular weight excluding hydrogens is 313 g/mol. The lowest BCUT2D eigenvalue weighted by Gasteiger charge is -2.06. The Bertz CT molecular complexity index is 1060. The van der Waals surface area contributed by atoms with E-state index in [1.54, 1.807) is 30.5 Å². The maximum Gasteiger partial charge on any atom is 0.269 e. The van der Waals surface area contributed by atoms with Gasteiger partial charge in [-0.15, -0.1) is 0 Å². The predicted molar refractivity (Wildman–Crippen MR) is 83.3 cm³/mol. The second-order valence-electron chi connectivity index (χ2n) is 5.08. The molecule has 8 heteroatoms. The molecule has 0 saturated heterocycles. The van der Waals surface area contributed by atoms with Gasteiger partial charge in [-0.1, -0.05) is 5.16 Å². The maximum atomic E-state index is 14.3. The molecule has 7 nitrogen and oxygen atoms in total. The fraction of sp³-hybridized carbons (Fsp3) is 0. The minimum Gasteiger partial charge on any atom is -0.364 e. The van der Waals surface area contributed by atoms with Crippen LogP contribution in [0.5, 0.6) is 0 Å². The first-order valence-corrected chi connectivity index (χ1v) is 6.99. The summed E-state index contributed by atoms with van der Waals surface area (Å²) in [7, 11) is 0. The number of halogens is 1. The van der Waals surface area contributed by atoms with Crippen LogP contribution in [0.1, 0.15) is 10.5 Å². The molecule has 0 aliphatic heterocycles. The van der Waals surface area contributed by atoms with Gasteiger partial charge in [-0.2, -0.15) is 0 Å². The standard InChI is InChI=1S/C16H10FN5O2/c17-10-2-1-8(11-4-6-24-22-11)7-9(10)16-20-12-3-5-19-13(12)14(21-16)15(18)23/h1-7,19H,(H2,18,23). The average molecular weight is 323 g/mol. The molecule has 1 amide bonds. The van der Waals surface area contributed by atoms with E-state index < -0.39 is 11.7 Å². The number of H-pyrrole nitrogens is 1. The molecule has 0 unspecified atom stereocenters. The number of hydrogen-bond acceptors (Lipinski definition) is 5. The van der Waals surface area contributed by atoms with Gasteiger partial charge >= 0.3 is 0 Å². The van der Waals surface area contributed by atoms with Crippen molar-refractivity contribution in [1.82, 2.24) is 20.1 Å². The number of rotatable bonds is 3. The Morgan fingerprint density at radius 1 is 1.21 bits per heavy atom. The van der Waals surface area contributed by atoms with Gasteiger partial charge in [-0.3, -0.25) is 4.79 Å². The van der Waals surface area contributed by atoms with Gasteiger partial charge in [0.2, 0.25) is 0 Å². The summed E-state index contributed by atoms with van der Waals surface area (Å²) in [5.74, 6) is -1.18. The molecule has 4 aromatic rings. The molecule has 1 aromatic carbocycles. The van der Waals surface area contributed by atoms with Crippen LogP contribution >= 0.6 is 0 Å². The maximum absolute atomic E-state index is 14.3. The molecule has 0 radical (unpaired) electrons. The van der Waals surface area contributed by atoms with Gasteiger partial charge in [-0.05, 0) is 24.3 Å². The van der Waals surface area contributed by atoms with E-state index in [4.69, 9.17) is 10.3 Å². The van der Waals surface area contributed by atoms with Crippen molar-refractivity contribution >= 4 is 16.9 Å². The molecule has 3 aromatic heterocycles. The first kappa shape index (κ1) is 14.1. The molecule has 3 heterocycles. The number of fused-ring (bicyclic) bond motifs is 1. The second kappa shape index (κ2) is 5.27. The van der Waals surface area contributed by atoms with Crippen molar-refractivity contribution in [2.75, 3.05) is 0 Å². The van der Waals surface area contributed by atoms with Crippen molar-refractivity contribution in [3.8, 4) is 22.6 Å². The SMILES string of the molecule is NC(=O)c1nc(-c2cc(-c3ccon3)ccc2F)nc2cc[nH]c12. The van der Waals surface area contributed by atoms with Crippen molar-refractivity contribution in [3.63, 3.8) is 0 Å². The minimum atomic E-state index is -0.723. The summed E-state index contributed by atoms with van der Waals surface area (Å²) >= 11 is 0. The lowest BCUT2D eigenvalue weighted by molar-refractivity contribution is 0.0997. The quantitative estimate of drug-likeness (QED) is 0.602. The number of aromatic amines is 1. The van der Waals surface area contributed by atoms with E-state index in [0.29, 0.717) is 22.3 Å². The lowest BCUT2D eigenvalue weighted by atomic mass is 10.1. The van der Waals surface area contributed by atoms with Gasteiger partial charge in [0.15, 0.2) is 11.5 Å². The predicted octanol–water partition coefficient (Wildman–Crippen LogP) is 2.52. The number of nitrogens with two attached hydrogens (primary N) is 1. The van der Waals surface area contributed by atoms with Gasteiger partial charge in [-0.25, -0.2) is 14.4 Å². The summed E-state index contributed by atoms with van der Waals surface area (Å²) in [6.45, 7) is 0. The molecule has 0 saturated carbocycles. The third-order valence-electron chi connectivity index (χ3n) is 3.58. The third-order valence-corrected chi connectivity index (χ3v) is 3.58. The van der Waals surface area contributed by atoms with Gasteiger partial charge < -0.3 is 15.2 Å². The summed E-state index contributed by atoms with van der Waals surface area (Å²) in [5, 5.41) is 3.82. The van der Waals surface area contributed by atoms with E-state index in [1.165, 1.54) is 12.3 Å². The van der Waals surface area contributed by atoms with Gasteiger partial charge in [0.05, 0.1) is 16.6 Å². The van der Waals surface area contributed by atoms with Crippen LogP contribution in [0.25, 0.3) is 33.7 Å². The molecular formula is C16H10FN5O2. The highest BCUT2D eigenvalue weighted by Crippen LogP contribution is 2.27. The molecule has 0 atom stereocenters. The fourth-order valence-corrected chi connectivity index (χ4v) is 2.46. The zero-order chi connectivity index (χ0) is 16.7. The minimum absolute atomic E-state index is 0.00578. The number of benzene rings is 1. The van der Waals surface area contributed by atoms with E-state index in [0.717, 1.165) is 0 Å². The van der Waals surface area contributed by atoms with Crippen LogP contribution in [0, 0.1) is 5.82 Å². The van der Waals surface area contributed by atoms with Gasteiger partial charge in [0.25, 0.3) is 5.91 Å². The van der Waals surface area contributed by atoms with E-state index >= 15 is 0 Å². The highest BCUT2D eigenvalue weighted by molar-refractivity contribution is 6.02. The number of carbonyl (C=O) groups is 1. The fourth-order valence-electron chi connectivity index (χ4n) is 2.46. The third kappa shape index (κ3) is 2.21. The van der Waals surface area contributed by atoms with Crippen LogP contribution in [0.15, 0.2) is 47.3 Å². The van der Waals surface area contributed by atoms with Crippen LogP contribution in [-0.2, 0) is 0 Å². The number of hydrogen-bond donors (Lipinski definition) is 2. The van der Waals surface area contributed by atoms with Crippen molar-refractivity contribution in [2.45, 2.75) is 0 Å². The Morgan fingerprint density at radius 2 is 2.08 bits per heavy atom. The van der Waals surface area contributed by atoms with Crippen molar-refractivity contribution < 1.29 is 13.7 Å². The first-order chi connectivity index (χ1) is 11.6. The van der Waals surface area contributed by atoms with E-state index in [-0.39, 0.29) is 17.1 Å². The number of primary amides is 1. The Kier molecular flexibility index (Phi) is 3.09. The van der Waals surface area contributed by atoms with Gasteiger partial charge in [0.1, 0.15) is 17.8 Å². The highest BCUT2D eigenvalue weighted by Gasteiger charge is 2.17. The Balaban J connectivity index is 1.94. The lowest BCUT2D eigenvalue weighted by Crippen LogP contribution is -2.15. The van der Waals surface area contributed by atoms with E-state index in [1.807, 2.05) is 0 Å². The summed E-state index contributed by atoms with van der Waals surface area (Å²) in [6.07, 6.45) is 3.03. The Hall–Kier alpha value is -3.55. The van der Waals surface area contributed by atoms with Crippen LogP contribution in [0.3, 0.4) is 0 Å². The Morgan fingerprint density at radius 3 is 2.83 bits per heavy atom. The van der Waals surface area contributed by atoms with Crippen molar-refractivity contribution in [3.05, 3.63) is 54.3 Å². The largest absolute Gasteiger partial charge is 0.364 e. The van der Waals surface area contributed by atoms with Crippen LogP contribution < -0.4 is 5.73 Å². The molecule has 24 heavy (non-hydrogen) atoms. The number of carbonyl (C=O) groups excluding carboxylic acids is 1. The molecule has 3 N–H and O–H groups in total. The van der Waals surface area contributed by atoms with Gasteiger partial charge in [0, 0.05) is 17.8 Å². The molecule has 0 aliphatic rings. The summed E-state index contributed by atoms with van der Waals surface area (Å²) in [6, 6.07) is 7.72. The molecule has 118 valence electrons. The summed E-state index contributed by atoms with van der Waals surface area (Å²) < 4.78 is 19.1. The van der Waals surface area contributed by atoms with E-state index in [2.05, 4.69) is 20.1 Å². The number of aromatic nitrogens is 4. The average Bonchev–Trinajstić information content (AvgIpc) is 3.25. The zero-order valence-electron chi connectivity index (χ0n) is 12.2. The summed E-state index contributed by atoms with van der Waals surface area (Å²) in [5.41, 5.74) is 7.59. The van der Waals surface area contributed by atoms with Crippen LogP contribution in [0.2, 0.25) is 0 Å². The molecule has 0 aliphatic carbocycles. The highest BCUT2D eigenvalue weighted by atomic mass is 19.1. The first-order valence-electron chi connectivity index (χ1n) is 6.99. The van der Waals surface area contributed by atoms with Crippen molar-refractivity contribution in [1.29, 1.82) is 0 Å². The normalized spacial score (nSPS) is 11.0. The van der Waals surface area contributed by atoms with E-state index in [9.17, 15) is 9.18 Å². The second-order valence-corrected chi connectivity index (χ2v) is 5.08.